The first-order chi connectivity index (χ1) is 9.56. The van der Waals surface area contributed by atoms with Crippen LogP contribution in [0.1, 0.15) is 25.2 Å². The Morgan fingerprint density at radius 2 is 2.25 bits per heavy atom. The highest BCUT2D eigenvalue weighted by Gasteiger charge is 2.07. The maximum Gasteiger partial charge on any atom is 0.191 e. The summed E-state index contributed by atoms with van der Waals surface area (Å²) in [5.41, 5.74) is 2.27. The van der Waals surface area contributed by atoms with E-state index in [-0.39, 0.29) is 0 Å². The molecule has 2 N–H and O–H groups in total. The molecular formula is C15H27N5. The molecule has 20 heavy (non-hydrogen) atoms. The summed E-state index contributed by atoms with van der Waals surface area (Å²) in [6.45, 7) is 15.3. The highest BCUT2D eigenvalue weighted by molar-refractivity contribution is 5.79. The number of guanidine groups is 1. The van der Waals surface area contributed by atoms with Crippen molar-refractivity contribution in [1.29, 1.82) is 0 Å². The standard InChI is InChI=1S/C15H27N5/c1-6-8-17-15(16-7-2)18-10-12(3)11-20-14(5)9-13(4)19-20/h6,9,12H,1,7-8,10-11H2,2-5H3,(H2,16,17,18). The van der Waals surface area contributed by atoms with Gasteiger partial charge in [-0.25, -0.2) is 0 Å². The van der Waals surface area contributed by atoms with E-state index < -0.39 is 0 Å². The molecule has 0 aliphatic rings. The van der Waals surface area contributed by atoms with E-state index in [9.17, 15) is 0 Å². The molecule has 1 atom stereocenters. The van der Waals surface area contributed by atoms with E-state index in [1.165, 1.54) is 5.69 Å². The average Bonchev–Trinajstić information content (AvgIpc) is 2.71. The topological polar surface area (TPSA) is 54.2 Å². The van der Waals surface area contributed by atoms with Crippen molar-refractivity contribution in [2.45, 2.75) is 34.2 Å². The lowest BCUT2D eigenvalue weighted by Crippen LogP contribution is -2.37. The van der Waals surface area contributed by atoms with Gasteiger partial charge in [0.1, 0.15) is 0 Å². The van der Waals surface area contributed by atoms with Gasteiger partial charge in [0.25, 0.3) is 0 Å². The van der Waals surface area contributed by atoms with Crippen molar-refractivity contribution in [2.75, 3.05) is 19.6 Å². The Bertz CT molecular complexity index is 447. The van der Waals surface area contributed by atoms with E-state index >= 15 is 0 Å². The molecule has 0 aromatic carbocycles. The summed E-state index contributed by atoms with van der Waals surface area (Å²) >= 11 is 0. The van der Waals surface area contributed by atoms with Crippen LogP contribution >= 0.6 is 0 Å². The second kappa shape index (κ2) is 8.40. The Kier molecular flexibility index (Phi) is 6.84. The number of hydrogen-bond acceptors (Lipinski definition) is 2. The SMILES string of the molecule is C=CCNC(=NCC(C)Cn1nc(C)cc1C)NCC. The molecule has 5 nitrogen and oxygen atoms in total. The molecule has 1 rings (SSSR count). The summed E-state index contributed by atoms with van der Waals surface area (Å²) in [5, 5.41) is 10.9. The third-order valence-electron chi connectivity index (χ3n) is 2.91. The molecule has 112 valence electrons. The molecule has 0 amide bonds. The van der Waals surface area contributed by atoms with E-state index in [0.29, 0.717) is 5.92 Å². The van der Waals surface area contributed by atoms with E-state index in [1.54, 1.807) is 0 Å². The second-order valence-corrected chi connectivity index (χ2v) is 5.10. The van der Waals surface area contributed by atoms with Crippen LogP contribution in [0.3, 0.4) is 0 Å². The first kappa shape index (κ1) is 16.3. The van der Waals surface area contributed by atoms with Gasteiger partial charge in [0.05, 0.1) is 5.69 Å². The van der Waals surface area contributed by atoms with Gasteiger partial charge in [-0.1, -0.05) is 13.0 Å². The summed E-state index contributed by atoms with van der Waals surface area (Å²) in [6.07, 6.45) is 1.83. The third kappa shape index (κ3) is 5.47. The number of hydrogen-bond donors (Lipinski definition) is 2. The van der Waals surface area contributed by atoms with Crippen molar-refractivity contribution in [2.24, 2.45) is 10.9 Å². The van der Waals surface area contributed by atoms with E-state index in [4.69, 9.17) is 0 Å². The van der Waals surface area contributed by atoms with Crippen LogP contribution in [0.4, 0.5) is 0 Å². The van der Waals surface area contributed by atoms with Crippen molar-refractivity contribution < 1.29 is 0 Å². The van der Waals surface area contributed by atoms with Crippen LogP contribution in [0.2, 0.25) is 0 Å². The molecule has 0 saturated heterocycles. The number of rotatable bonds is 7. The largest absolute Gasteiger partial charge is 0.357 e. The van der Waals surface area contributed by atoms with Crippen molar-refractivity contribution >= 4 is 5.96 Å². The molecule has 0 radical (unpaired) electrons. The van der Waals surface area contributed by atoms with Gasteiger partial charge in [0.2, 0.25) is 0 Å². The predicted molar refractivity (Wildman–Crippen MR) is 85.0 cm³/mol. The molecule has 1 aromatic heterocycles. The number of aromatic nitrogens is 2. The molecule has 0 saturated carbocycles. The van der Waals surface area contributed by atoms with Crippen molar-refractivity contribution in [3.05, 3.63) is 30.1 Å². The van der Waals surface area contributed by atoms with Gasteiger partial charge < -0.3 is 10.6 Å². The highest BCUT2D eigenvalue weighted by Crippen LogP contribution is 2.06. The third-order valence-corrected chi connectivity index (χ3v) is 2.91. The van der Waals surface area contributed by atoms with Gasteiger partial charge in [0, 0.05) is 31.9 Å². The lowest BCUT2D eigenvalue weighted by atomic mass is 10.2. The minimum Gasteiger partial charge on any atom is -0.357 e. The smallest absolute Gasteiger partial charge is 0.191 e. The number of nitrogens with one attached hydrogen (secondary N) is 2. The fourth-order valence-corrected chi connectivity index (χ4v) is 1.97. The van der Waals surface area contributed by atoms with Crippen molar-refractivity contribution in [3.8, 4) is 0 Å². The first-order valence-electron chi connectivity index (χ1n) is 7.21. The van der Waals surface area contributed by atoms with Crippen molar-refractivity contribution in [1.82, 2.24) is 20.4 Å². The molecule has 5 heteroatoms. The van der Waals surface area contributed by atoms with Crippen LogP contribution in [-0.2, 0) is 6.54 Å². The normalized spacial score (nSPS) is 13.1. The number of nitrogens with zero attached hydrogens (tertiary/aromatic N) is 3. The van der Waals surface area contributed by atoms with Crippen molar-refractivity contribution in [3.63, 3.8) is 0 Å². The maximum atomic E-state index is 4.59. The van der Waals surface area contributed by atoms with Gasteiger partial charge in [-0.15, -0.1) is 6.58 Å². The van der Waals surface area contributed by atoms with Crippen LogP contribution in [0.5, 0.6) is 0 Å². The Balaban J connectivity index is 2.52. The Labute approximate surface area is 122 Å². The predicted octanol–water partition coefficient (Wildman–Crippen LogP) is 1.88. The van der Waals surface area contributed by atoms with E-state index in [1.807, 2.05) is 13.0 Å². The Hall–Kier alpha value is -1.78. The quantitative estimate of drug-likeness (QED) is 0.454. The Morgan fingerprint density at radius 1 is 1.50 bits per heavy atom. The van der Waals surface area contributed by atoms with Crippen LogP contribution in [-0.4, -0.2) is 35.4 Å². The first-order valence-corrected chi connectivity index (χ1v) is 7.21. The highest BCUT2D eigenvalue weighted by atomic mass is 15.3. The zero-order valence-corrected chi connectivity index (χ0v) is 13.1. The number of aliphatic imine (C=N–C) groups is 1. The molecule has 0 fully saturated rings. The Morgan fingerprint density at radius 3 is 2.80 bits per heavy atom. The summed E-state index contributed by atoms with van der Waals surface area (Å²) in [4.78, 5) is 4.59. The summed E-state index contributed by atoms with van der Waals surface area (Å²) < 4.78 is 2.06. The fraction of sp³-hybridized carbons (Fsp3) is 0.600. The van der Waals surface area contributed by atoms with Crippen LogP contribution in [0.15, 0.2) is 23.7 Å². The van der Waals surface area contributed by atoms with Crippen LogP contribution < -0.4 is 10.6 Å². The lowest BCUT2D eigenvalue weighted by molar-refractivity contribution is 0.450. The van der Waals surface area contributed by atoms with E-state index in [2.05, 4.69) is 58.8 Å². The zero-order valence-electron chi connectivity index (χ0n) is 13.1. The summed E-state index contributed by atoms with van der Waals surface area (Å²) in [5.74, 6) is 1.28. The van der Waals surface area contributed by atoms with Gasteiger partial charge in [-0.2, -0.15) is 5.10 Å². The molecule has 0 aliphatic heterocycles. The van der Waals surface area contributed by atoms with E-state index in [0.717, 1.165) is 37.8 Å². The zero-order chi connectivity index (χ0) is 15.0. The van der Waals surface area contributed by atoms with Crippen LogP contribution in [0.25, 0.3) is 0 Å². The average molecular weight is 277 g/mol. The lowest BCUT2D eigenvalue weighted by Gasteiger charge is -2.13. The van der Waals surface area contributed by atoms with Gasteiger partial charge in [-0.3, -0.25) is 9.67 Å². The molecular weight excluding hydrogens is 250 g/mol. The molecule has 1 heterocycles. The van der Waals surface area contributed by atoms with Gasteiger partial charge in [0.15, 0.2) is 5.96 Å². The maximum absolute atomic E-state index is 4.59. The molecule has 0 bridgehead atoms. The summed E-state index contributed by atoms with van der Waals surface area (Å²) in [7, 11) is 0. The van der Waals surface area contributed by atoms with Crippen LogP contribution in [0, 0.1) is 19.8 Å². The molecule has 1 aromatic rings. The van der Waals surface area contributed by atoms with Gasteiger partial charge in [-0.05, 0) is 32.8 Å². The molecule has 1 unspecified atom stereocenters. The fourth-order valence-electron chi connectivity index (χ4n) is 1.97. The molecule has 0 aliphatic carbocycles. The second-order valence-electron chi connectivity index (χ2n) is 5.10. The minimum absolute atomic E-state index is 0.437. The monoisotopic (exact) mass is 277 g/mol. The molecule has 0 spiro atoms. The summed E-state index contributed by atoms with van der Waals surface area (Å²) in [6, 6.07) is 2.10. The number of aryl methyl sites for hydroxylation is 2. The van der Waals surface area contributed by atoms with Gasteiger partial charge >= 0.3 is 0 Å². The minimum atomic E-state index is 0.437.